The molecule has 0 amide bonds. The molecular formula is C14H13N3O4S. The summed E-state index contributed by atoms with van der Waals surface area (Å²) in [4.78, 5) is 15.5. The summed E-state index contributed by atoms with van der Waals surface area (Å²) in [7, 11) is 0. The highest BCUT2D eigenvalue weighted by Crippen LogP contribution is 2.34. The number of rotatable bonds is 5. The first kappa shape index (κ1) is 14.6. The molecule has 0 fully saturated rings. The van der Waals surface area contributed by atoms with Crippen LogP contribution >= 0.6 is 11.3 Å². The minimum absolute atomic E-state index is 0.0630. The van der Waals surface area contributed by atoms with Crippen LogP contribution in [0.4, 0.5) is 5.69 Å². The van der Waals surface area contributed by atoms with Crippen molar-refractivity contribution in [2.24, 2.45) is 0 Å². The van der Waals surface area contributed by atoms with Gasteiger partial charge in [0.05, 0.1) is 9.80 Å². The second-order valence-corrected chi connectivity index (χ2v) is 5.73. The molecule has 7 nitrogen and oxygen atoms in total. The van der Waals surface area contributed by atoms with Crippen molar-refractivity contribution in [3.63, 3.8) is 0 Å². The molecule has 0 aliphatic rings. The van der Waals surface area contributed by atoms with E-state index in [1.54, 1.807) is 6.07 Å². The molecule has 2 aromatic heterocycles. The van der Waals surface area contributed by atoms with Crippen LogP contribution in [0, 0.1) is 10.1 Å². The van der Waals surface area contributed by atoms with Crippen molar-refractivity contribution in [3.05, 3.63) is 40.2 Å². The van der Waals surface area contributed by atoms with Crippen LogP contribution in [0.2, 0.25) is 0 Å². The molecule has 1 atom stereocenters. The van der Waals surface area contributed by atoms with E-state index in [0.717, 1.165) is 15.0 Å². The van der Waals surface area contributed by atoms with Crippen LogP contribution in [-0.2, 0) is 4.74 Å². The Morgan fingerprint density at radius 2 is 2.27 bits per heavy atom. The van der Waals surface area contributed by atoms with Crippen LogP contribution in [0.5, 0.6) is 0 Å². The first-order valence-electron chi connectivity index (χ1n) is 6.72. The lowest BCUT2D eigenvalue weighted by molar-refractivity contribution is -0.384. The van der Waals surface area contributed by atoms with E-state index in [9.17, 15) is 10.1 Å². The highest BCUT2D eigenvalue weighted by molar-refractivity contribution is 7.22. The van der Waals surface area contributed by atoms with Crippen molar-refractivity contribution in [3.8, 4) is 10.8 Å². The van der Waals surface area contributed by atoms with Crippen LogP contribution in [0.25, 0.3) is 20.9 Å². The second-order valence-electron chi connectivity index (χ2n) is 4.65. The number of nitro benzene ring substituents is 1. The standard InChI is InChI=1S/C14H13N3O4S/c1-3-20-8(2)13-15-14(21-16-13)12-7-9-6-10(17(18)19)4-5-11(9)22-12/h4-8H,3H2,1-2H3/t8-/m1/s1. The third-order valence-electron chi connectivity index (χ3n) is 3.14. The summed E-state index contributed by atoms with van der Waals surface area (Å²) >= 11 is 1.45. The maximum atomic E-state index is 10.8. The Morgan fingerprint density at radius 1 is 1.45 bits per heavy atom. The molecule has 8 heteroatoms. The molecular weight excluding hydrogens is 306 g/mol. The highest BCUT2D eigenvalue weighted by Gasteiger charge is 2.17. The number of fused-ring (bicyclic) bond motifs is 1. The third kappa shape index (κ3) is 2.70. The van der Waals surface area contributed by atoms with Gasteiger partial charge in [-0.05, 0) is 26.0 Å². The average Bonchev–Trinajstić information content (AvgIpc) is 3.13. The molecule has 114 valence electrons. The van der Waals surface area contributed by atoms with E-state index in [4.69, 9.17) is 9.26 Å². The van der Waals surface area contributed by atoms with E-state index in [0.29, 0.717) is 18.3 Å². The van der Waals surface area contributed by atoms with Crippen molar-refractivity contribution in [1.82, 2.24) is 10.1 Å². The van der Waals surface area contributed by atoms with Gasteiger partial charge in [-0.15, -0.1) is 11.3 Å². The van der Waals surface area contributed by atoms with Crippen LogP contribution < -0.4 is 0 Å². The number of thiophene rings is 1. The predicted molar refractivity (Wildman–Crippen MR) is 81.8 cm³/mol. The van der Waals surface area contributed by atoms with Gasteiger partial charge >= 0.3 is 0 Å². The van der Waals surface area contributed by atoms with Crippen molar-refractivity contribution in [1.29, 1.82) is 0 Å². The lowest BCUT2D eigenvalue weighted by Crippen LogP contribution is -2.01. The lowest BCUT2D eigenvalue weighted by atomic mass is 10.2. The smallest absolute Gasteiger partial charge is 0.270 e. The third-order valence-corrected chi connectivity index (χ3v) is 4.25. The van der Waals surface area contributed by atoms with Gasteiger partial charge in [0.25, 0.3) is 11.6 Å². The van der Waals surface area contributed by atoms with E-state index < -0.39 is 4.92 Å². The first-order chi connectivity index (χ1) is 10.6. The van der Waals surface area contributed by atoms with Gasteiger partial charge in [-0.3, -0.25) is 10.1 Å². The molecule has 0 radical (unpaired) electrons. The molecule has 1 aromatic carbocycles. The zero-order valence-corrected chi connectivity index (χ0v) is 12.8. The molecule has 3 aromatic rings. The average molecular weight is 319 g/mol. The zero-order valence-electron chi connectivity index (χ0n) is 12.0. The molecule has 0 aliphatic heterocycles. The Labute approximate surface area is 129 Å². The monoisotopic (exact) mass is 319 g/mol. The minimum atomic E-state index is -0.411. The molecule has 0 unspecified atom stereocenters. The van der Waals surface area contributed by atoms with Crippen LogP contribution in [-0.4, -0.2) is 21.7 Å². The van der Waals surface area contributed by atoms with E-state index in [1.165, 1.54) is 23.5 Å². The Morgan fingerprint density at radius 3 is 3.00 bits per heavy atom. The largest absolute Gasteiger partial charge is 0.371 e. The molecule has 0 saturated heterocycles. The van der Waals surface area contributed by atoms with E-state index in [2.05, 4.69) is 10.1 Å². The van der Waals surface area contributed by atoms with Gasteiger partial charge in [0.1, 0.15) is 6.10 Å². The molecule has 2 heterocycles. The predicted octanol–water partition coefficient (Wildman–Crippen LogP) is 3.96. The molecule has 0 spiro atoms. The van der Waals surface area contributed by atoms with Crippen molar-refractivity contribution in [2.75, 3.05) is 6.61 Å². The number of nitrogens with zero attached hydrogens (tertiary/aromatic N) is 3. The fourth-order valence-electron chi connectivity index (χ4n) is 2.07. The normalized spacial score (nSPS) is 12.6. The number of nitro groups is 1. The fourth-order valence-corrected chi connectivity index (χ4v) is 3.04. The number of non-ortho nitro benzene ring substituents is 1. The summed E-state index contributed by atoms with van der Waals surface area (Å²) in [5, 5.41) is 15.5. The lowest BCUT2D eigenvalue weighted by Gasteiger charge is -2.04. The highest BCUT2D eigenvalue weighted by atomic mass is 32.1. The number of benzene rings is 1. The molecule has 0 aliphatic carbocycles. The second kappa shape index (κ2) is 5.82. The summed E-state index contributed by atoms with van der Waals surface area (Å²) in [6.07, 6.45) is -0.238. The van der Waals surface area contributed by atoms with Gasteiger partial charge in [0.15, 0.2) is 0 Å². The molecule has 0 bridgehead atoms. The zero-order chi connectivity index (χ0) is 15.7. The van der Waals surface area contributed by atoms with Gasteiger partial charge in [-0.1, -0.05) is 5.16 Å². The van der Waals surface area contributed by atoms with Gasteiger partial charge in [0.2, 0.25) is 5.82 Å². The first-order valence-corrected chi connectivity index (χ1v) is 7.53. The van der Waals surface area contributed by atoms with Crippen LogP contribution in [0.15, 0.2) is 28.8 Å². The summed E-state index contributed by atoms with van der Waals surface area (Å²) in [5.74, 6) is 0.880. The van der Waals surface area contributed by atoms with Crippen molar-refractivity contribution >= 4 is 27.1 Å². The molecule has 3 rings (SSSR count). The van der Waals surface area contributed by atoms with Crippen LogP contribution in [0.3, 0.4) is 0 Å². The van der Waals surface area contributed by atoms with Crippen molar-refractivity contribution < 1.29 is 14.2 Å². The molecule has 22 heavy (non-hydrogen) atoms. The number of hydrogen-bond acceptors (Lipinski definition) is 7. The van der Waals surface area contributed by atoms with E-state index in [1.807, 2.05) is 19.9 Å². The Balaban J connectivity index is 1.95. The van der Waals surface area contributed by atoms with Gasteiger partial charge < -0.3 is 9.26 Å². The summed E-state index contributed by atoms with van der Waals surface area (Å²) in [6, 6.07) is 6.56. The summed E-state index contributed by atoms with van der Waals surface area (Å²) in [6.45, 7) is 4.32. The minimum Gasteiger partial charge on any atom is -0.371 e. The van der Waals surface area contributed by atoms with Crippen molar-refractivity contribution in [2.45, 2.75) is 20.0 Å². The van der Waals surface area contributed by atoms with Gasteiger partial charge in [-0.2, -0.15) is 4.98 Å². The summed E-state index contributed by atoms with van der Waals surface area (Å²) < 4.78 is 11.6. The summed E-state index contributed by atoms with van der Waals surface area (Å²) in [5.41, 5.74) is 0.0630. The molecule has 0 N–H and O–H groups in total. The fraction of sp³-hybridized carbons (Fsp3) is 0.286. The maximum Gasteiger partial charge on any atom is 0.270 e. The van der Waals surface area contributed by atoms with Crippen LogP contribution in [0.1, 0.15) is 25.8 Å². The van der Waals surface area contributed by atoms with Gasteiger partial charge in [-0.25, -0.2) is 0 Å². The van der Waals surface area contributed by atoms with E-state index >= 15 is 0 Å². The Bertz CT molecular complexity index is 826. The quantitative estimate of drug-likeness (QED) is 0.522. The number of hydrogen-bond donors (Lipinski definition) is 0. The van der Waals surface area contributed by atoms with Gasteiger partial charge in [0, 0.05) is 28.8 Å². The number of aromatic nitrogens is 2. The molecule has 0 saturated carbocycles. The van der Waals surface area contributed by atoms with E-state index in [-0.39, 0.29) is 11.8 Å². The number of ether oxygens (including phenoxy) is 1. The Kier molecular flexibility index (Phi) is 3.86. The Hall–Kier alpha value is -2.32. The SMILES string of the molecule is CCO[C@H](C)c1noc(-c2cc3cc([N+](=O)[O-])ccc3s2)n1. The topological polar surface area (TPSA) is 91.3 Å². The maximum absolute atomic E-state index is 10.8.